The largest absolute Gasteiger partial charge is 0.345 e. The summed E-state index contributed by atoms with van der Waals surface area (Å²) in [6, 6.07) is 0. The van der Waals surface area contributed by atoms with Gasteiger partial charge < -0.3 is 5.32 Å². The van der Waals surface area contributed by atoms with Gasteiger partial charge in [0, 0.05) is 0 Å². The summed E-state index contributed by atoms with van der Waals surface area (Å²) < 4.78 is 0. The normalized spacial score (nSPS) is 21.7. The minimum atomic E-state index is -0.169. The van der Waals surface area contributed by atoms with Gasteiger partial charge in [-0.3, -0.25) is 14.5 Å². The van der Waals surface area contributed by atoms with Gasteiger partial charge in [0.15, 0.2) is 5.84 Å². The van der Waals surface area contributed by atoms with Gasteiger partial charge in [0.1, 0.15) is 6.54 Å². The number of amides is 2. The minimum absolute atomic E-state index is 0.0453. The molecule has 0 unspecified atom stereocenters. The second-order valence-electron chi connectivity index (χ2n) is 2.46. The smallest absolute Gasteiger partial charge is 0.248 e. The summed E-state index contributed by atoms with van der Waals surface area (Å²) in [5, 5.41) is 9.49. The monoisotopic (exact) mass is 166 g/mol. The third-order valence-electron chi connectivity index (χ3n) is 1.65. The Morgan fingerprint density at radius 1 is 1.50 bits per heavy atom. The molecule has 0 radical (unpaired) electrons. The van der Waals surface area contributed by atoms with Gasteiger partial charge in [-0.05, 0) is 0 Å². The van der Waals surface area contributed by atoms with E-state index in [1.807, 2.05) is 0 Å². The van der Waals surface area contributed by atoms with Gasteiger partial charge in [-0.25, -0.2) is 0 Å². The number of hydrogen-bond acceptors (Lipinski definition) is 4. The average Bonchev–Trinajstić information content (AvgIpc) is 1.93. The average molecular weight is 166 g/mol. The van der Waals surface area contributed by atoms with Crippen LogP contribution < -0.4 is 5.32 Å². The number of carbonyl (C=O) groups excluding carboxylic acids is 2. The van der Waals surface area contributed by atoms with Crippen LogP contribution in [0.4, 0.5) is 0 Å². The summed E-state index contributed by atoms with van der Waals surface area (Å²) in [6.45, 7) is 0.0926. The molecule has 12 heavy (non-hydrogen) atoms. The molecule has 1 saturated heterocycles. The van der Waals surface area contributed by atoms with E-state index in [0.717, 1.165) is 0 Å². The topological polar surface area (TPSA) is 74.1 Å². The zero-order valence-corrected chi connectivity index (χ0v) is 6.15. The van der Waals surface area contributed by atoms with Gasteiger partial charge in [0.2, 0.25) is 11.8 Å². The van der Waals surface area contributed by atoms with Crippen LogP contribution in [-0.2, 0) is 9.59 Å². The zero-order valence-electron chi connectivity index (χ0n) is 6.15. The second-order valence-corrected chi connectivity index (χ2v) is 2.46. The van der Waals surface area contributed by atoms with Crippen LogP contribution in [0.15, 0.2) is 10.2 Å². The molecule has 0 aliphatic carbocycles. The summed E-state index contributed by atoms with van der Waals surface area (Å²) in [4.78, 5) is 23.3. The van der Waals surface area contributed by atoms with Crippen LogP contribution in [0.1, 0.15) is 0 Å². The van der Waals surface area contributed by atoms with E-state index in [9.17, 15) is 9.59 Å². The van der Waals surface area contributed by atoms with Crippen molar-refractivity contribution >= 4 is 23.9 Å². The molecule has 2 aliphatic rings. The van der Waals surface area contributed by atoms with E-state index in [2.05, 4.69) is 15.5 Å². The van der Waals surface area contributed by atoms with E-state index in [4.69, 9.17) is 0 Å². The quantitative estimate of drug-likeness (QED) is 0.468. The number of amidine groups is 1. The zero-order chi connectivity index (χ0) is 8.55. The van der Waals surface area contributed by atoms with Gasteiger partial charge in [0.05, 0.1) is 12.8 Å². The molecule has 0 bridgehead atoms. The molecule has 0 aromatic carbocycles. The molecule has 2 rings (SSSR count). The van der Waals surface area contributed by atoms with Crippen molar-refractivity contribution in [1.29, 1.82) is 0 Å². The molecule has 6 nitrogen and oxygen atoms in total. The molecule has 2 aliphatic heterocycles. The Balaban J connectivity index is 2.11. The highest BCUT2D eigenvalue weighted by Gasteiger charge is 2.27. The molecular weight excluding hydrogens is 160 g/mol. The lowest BCUT2D eigenvalue weighted by Crippen LogP contribution is -2.54. The van der Waals surface area contributed by atoms with E-state index in [-0.39, 0.29) is 24.9 Å². The second kappa shape index (κ2) is 2.40. The van der Waals surface area contributed by atoms with Crippen molar-refractivity contribution in [3.63, 3.8) is 0 Å². The molecule has 1 fully saturated rings. The highest BCUT2D eigenvalue weighted by molar-refractivity contribution is 6.36. The number of hydrogen-bond donors (Lipinski definition) is 1. The Morgan fingerprint density at radius 2 is 2.25 bits per heavy atom. The molecule has 1 N–H and O–H groups in total. The highest BCUT2D eigenvalue weighted by atomic mass is 16.2. The number of carbonyl (C=O) groups is 2. The lowest BCUT2D eigenvalue weighted by Gasteiger charge is -2.26. The molecule has 0 spiro atoms. The number of piperazine rings is 1. The van der Waals surface area contributed by atoms with Crippen LogP contribution >= 0.6 is 0 Å². The first kappa shape index (κ1) is 6.96. The predicted molar refractivity (Wildman–Crippen MR) is 40.6 cm³/mol. The standard InChI is InChI=1S/C6H6N4O2/c11-5-3-10(4-1-8-9-4)6(12)2-7-5/h1H,2-3H2,(H,7,11). The van der Waals surface area contributed by atoms with Crippen LogP contribution in [0.5, 0.6) is 0 Å². The molecular formula is C6H6N4O2. The lowest BCUT2D eigenvalue weighted by molar-refractivity contribution is -0.136. The fourth-order valence-corrected chi connectivity index (χ4v) is 0.999. The van der Waals surface area contributed by atoms with Gasteiger partial charge in [-0.15, -0.1) is 5.10 Å². The number of nitrogens with one attached hydrogen (secondary N) is 1. The Morgan fingerprint density at radius 3 is 2.83 bits per heavy atom. The summed E-state index contributed by atoms with van der Waals surface area (Å²) >= 11 is 0. The summed E-state index contributed by atoms with van der Waals surface area (Å²) in [7, 11) is 0. The van der Waals surface area contributed by atoms with Crippen LogP contribution in [0.25, 0.3) is 0 Å². The Kier molecular flexibility index (Phi) is 1.39. The Labute approximate surface area is 67.9 Å². The highest BCUT2D eigenvalue weighted by Crippen LogP contribution is 2.01. The van der Waals surface area contributed by atoms with E-state index < -0.39 is 0 Å². The molecule has 2 heterocycles. The Hall–Kier alpha value is -1.72. The lowest BCUT2D eigenvalue weighted by atomic mass is 10.3. The van der Waals surface area contributed by atoms with E-state index in [0.29, 0.717) is 5.84 Å². The first-order valence-corrected chi connectivity index (χ1v) is 3.45. The van der Waals surface area contributed by atoms with Crippen molar-refractivity contribution < 1.29 is 9.59 Å². The molecule has 62 valence electrons. The van der Waals surface area contributed by atoms with Crippen molar-refractivity contribution in [2.45, 2.75) is 0 Å². The Bertz CT molecular complexity index is 307. The molecule has 0 aromatic heterocycles. The maximum atomic E-state index is 11.1. The fraction of sp³-hybridized carbons (Fsp3) is 0.333. The van der Waals surface area contributed by atoms with Crippen molar-refractivity contribution in [2.75, 3.05) is 13.1 Å². The van der Waals surface area contributed by atoms with Crippen molar-refractivity contribution in [3.8, 4) is 0 Å². The van der Waals surface area contributed by atoms with E-state index in [1.54, 1.807) is 0 Å². The van der Waals surface area contributed by atoms with Crippen LogP contribution in [-0.4, -0.2) is 41.9 Å². The summed E-state index contributed by atoms with van der Waals surface area (Å²) in [6.07, 6.45) is 1.45. The van der Waals surface area contributed by atoms with Crippen molar-refractivity contribution in [3.05, 3.63) is 0 Å². The fourth-order valence-electron chi connectivity index (χ4n) is 0.999. The first-order valence-electron chi connectivity index (χ1n) is 3.45. The molecule has 0 atom stereocenters. The molecule has 0 aromatic rings. The van der Waals surface area contributed by atoms with Gasteiger partial charge in [-0.1, -0.05) is 0 Å². The number of nitrogens with zero attached hydrogens (tertiary/aromatic N) is 3. The SMILES string of the molecule is O=C1CN(C2=NN=C2)C(=O)CN1. The van der Waals surface area contributed by atoms with Crippen LogP contribution in [0, 0.1) is 0 Å². The van der Waals surface area contributed by atoms with Crippen molar-refractivity contribution in [2.24, 2.45) is 10.2 Å². The van der Waals surface area contributed by atoms with Gasteiger partial charge in [-0.2, -0.15) is 5.10 Å². The molecule has 6 heteroatoms. The van der Waals surface area contributed by atoms with Crippen LogP contribution in [0.3, 0.4) is 0 Å². The van der Waals surface area contributed by atoms with Crippen molar-refractivity contribution in [1.82, 2.24) is 10.2 Å². The number of rotatable bonds is 0. The molecule has 0 saturated carbocycles. The minimum Gasteiger partial charge on any atom is -0.345 e. The first-order chi connectivity index (χ1) is 5.77. The summed E-state index contributed by atoms with van der Waals surface area (Å²) in [5.74, 6) is 0.145. The van der Waals surface area contributed by atoms with Gasteiger partial charge in [0.25, 0.3) is 0 Å². The third-order valence-corrected chi connectivity index (χ3v) is 1.65. The maximum Gasteiger partial charge on any atom is 0.248 e. The third kappa shape index (κ3) is 0.969. The van der Waals surface area contributed by atoms with E-state index in [1.165, 1.54) is 11.1 Å². The maximum absolute atomic E-state index is 11.1. The van der Waals surface area contributed by atoms with E-state index >= 15 is 0 Å². The molecule has 2 amide bonds. The van der Waals surface area contributed by atoms with Crippen LogP contribution in [0.2, 0.25) is 0 Å². The predicted octanol–water partition coefficient (Wildman–Crippen LogP) is -1.66. The van der Waals surface area contributed by atoms with Gasteiger partial charge >= 0.3 is 0 Å². The summed E-state index contributed by atoms with van der Waals surface area (Å²) in [5.41, 5.74) is 0.